The Morgan fingerprint density at radius 2 is 1.91 bits per heavy atom. The Morgan fingerprint density at radius 1 is 1.09 bits per heavy atom. The average molecular weight is 306 g/mol. The molecule has 4 nitrogen and oxygen atoms in total. The summed E-state index contributed by atoms with van der Waals surface area (Å²) in [4.78, 5) is 2.45. The Balaban J connectivity index is 1.74. The van der Waals surface area contributed by atoms with Gasteiger partial charge in [0.05, 0.1) is 29.1 Å². The van der Waals surface area contributed by atoms with Gasteiger partial charge in [0, 0.05) is 25.0 Å². The van der Waals surface area contributed by atoms with E-state index < -0.39 is 0 Å². The van der Waals surface area contributed by atoms with E-state index >= 15 is 0 Å². The molecule has 3 aromatic rings. The Hall–Kier alpha value is -2.49. The standard InChI is InChI=1S/C19H22N4/c1-2-23-18-10-5-3-8-15(18)17(21-23)14-22-13-7-12-20-16-9-4-6-11-19(16)22/h3-6,8-11,20H,2,7,12-14H2,1H3. The van der Waals surface area contributed by atoms with Gasteiger partial charge in [0.1, 0.15) is 0 Å². The highest BCUT2D eigenvalue weighted by Gasteiger charge is 2.18. The van der Waals surface area contributed by atoms with Gasteiger partial charge in [-0.15, -0.1) is 0 Å². The summed E-state index contributed by atoms with van der Waals surface area (Å²) in [6.07, 6.45) is 1.14. The van der Waals surface area contributed by atoms with Gasteiger partial charge in [0.2, 0.25) is 0 Å². The number of aryl methyl sites for hydroxylation is 1. The number of hydrogen-bond acceptors (Lipinski definition) is 3. The van der Waals surface area contributed by atoms with Crippen LogP contribution in [0.4, 0.5) is 11.4 Å². The van der Waals surface area contributed by atoms with E-state index in [0.717, 1.165) is 32.6 Å². The maximum Gasteiger partial charge on any atom is 0.0896 e. The lowest BCUT2D eigenvalue weighted by Gasteiger charge is -2.23. The first-order valence-electron chi connectivity index (χ1n) is 8.39. The van der Waals surface area contributed by atoms with Crippen LogP contribution in [0.25, 0.3) is 10.9 Å². The van der Waals surface area contributed by atoms with E-state index in [-0.39, 0.29) is 0 Å². The third-order valence-electron chi connectivity index (χ3n) is 4.54. The van der Waals surface area contributed by atoms with Crippen LogP contribution >= 0.6 is 0 Å². The highest BCUT2D eigenvalue weighted by Crippen LogP contribution is 2.30. The SMILES string of the molecule is CCn1nc(CN2CCCNc3ccccc32)c2ccccc21. The Labute approximate surface area is 136 Å². The van der Waals surface area contributed by atoms with E-state index in [4.69, 9.17) is 5.10 Å². The lowest BCUT2D eigenvalue weighted by molar-refractivity contribution is 0.657. The van der Waals surface area contributed by atoms with E-state index in [1.165, 1.54) is 28.0 Å². The average Bonchev–Trinajstić information content (AvgIpc) is 2.82. The minimum absolute atomic E-state index is 0.853. The lowest BCUT2D eigenvalue weighted by Crippen LogP contribution is -2.23. The second kappa shape index (κ2) is 5.95. The number of para-hydroxylation sites is 3. The number of benzene rings is 2. The summed E-state index contributed by atoms with van der Waals surface area (Å²) < 4.78 is 2.10. The Morgan fingerprint density at radius 3 is 2.83 bits per heavy atom. The van der Waals surface area contributed by atoms with Crippen LogP contribution in [0.1, 0.15) is 19.0 Å². The molecule has 4 heteroatoms. The van der Waals surface area contributed by atoms with Crippen LogP contribution < -0.4 is 10.2 Å². The third-order valence-corrected chi connectivity index (χ3v) is 4.54. The molecule has 23 heavy (non-hydrogen) atoms. The van der Waals surface area contributed by atoms with Crippen molar-refractivity contribution in [3.8, 4) is 0 Å². The maximum absolute atomic E-state index is 4.86. The first-order chi connectivity index (χ1) is 11.4. The van der Waals surface area contributed by atoms with E-state index in [1.54, 1.807) is 0 Å². The Kier molecular flexibility index (Phi) is 3.66. The zero-order valence-corrected chi connectivity index (χ0v) is 13.5. The predicted octanol–water partition coefficient (Wildman–Crippen LogP) is 3.88. The zero-order valence-electron chi connectivity index (χ0n) is 13.5. The molecule has 0 radical (unpaired) electrons. The molecule has 0 fully saturated rings. The molecule has 0 saturated carbocycles. The fraction of sp³-hybridized carbons (Fsp3) is 0.316. The number of fused-ring (bicyclic) bond motifs is 2. The van der Waals surface area contributed by atoms with Gasteiger partial charge in [-0.25, -0.2) is 0 Å². The van der Waals surface area contributed by atoms with E-state index in [0.29, 0.717) is 0 Å². The first kappa shape index (κ1) is 14.1. The number of nitrogens with one attached hydrogen (secondary N) is 1. The van der Waals surface area contributed by atoms with Crippen LogP contribution in [-0.2, 0) is 13.1 Å². The van der Waals surface area contributed by atoms with Crippen molar-refractivity contribution in [2.45, 2.75) is 26.4 Å². The van der Waals surface area contributed by atoms with Crippen LogP contribution in [0.15, 0.2) is 48.5 Å². The molecule has 0 atom stereocenters. The number of hydrogen-bond donors (Lipinski definition) is 1. The van der Waals surface area contributed by atoms with E-state index in [2.05, 4.69) is 70.4 Å². The number of nitrogens with zero attached hydrogens (tertiary/aromatic N) is 3. The van der Waals surface area contributed by atoms with Crippen molar-refractivity contribution in [1.29, 1.82) is 0 Å². The molecule has 0 amide bonds. The van der Waals surface area contributed by atoms with Crippen molar-refractivity contribution in [1.82, 2.24) is 9.78 Å². The van der Waals surface area contributed by atoms with Crippen molar-refractivity contribution in [2.24, 2.45) is 0 Å². The fourth-order valence-corrected chi connectivity index (χ4v) is 3.41. The molecule has 2 aromatic carbocycles. The number of anilines is 2. The molecular formula is C19H22N4. The first-order valence-corrected chi connectivity index (χ1v) is 8.39. The molecule has 0 bridgehead atoms. The minimum Gasteiger partial charge on any atom is -0.383 e. The minimum atomic E-state index is 0.853. The molecule has 1 aromatic heterocycles. The molecule has 0 saturated heterocycles. The van der Waals surface area contributed by atoms with Gasteiger partial charge in [-0.2, -0.15) is 5.10 Å². The number of aromatic nitrogens is 2. The van der Waals surface area contributed by atoms with Crippen LogP contribution in [0, 0.1) is 0 Å². The van der Waals surface area contributed by atoms with Gasteiger partial charge in [0.15, 0.2) is 0 Å². The summed E-state index contributed by atoms with van der Waals surface area (Å²) in [5, 5.41) is 9.65. The van der Waals surface area contributed by atoms with E-state index in [9.17, 15) is 0 Å². The summed E-state index contributed by atoms with van der Waals surface area (Å²) in [6, 6.07) is 17.1. The summed E-state index contributed by atoms with van der Waals surface area (Å²) in [5.74, 6) is 0. The normalized spacial score (nSPS) is 14.4. The predicted molar refractivity (Wildman–Crippen MR) is 96.0 cm³/mol. The fourth-order valence-electron chi connectivity index (χ4n) is 3.41. The molecule has 0 aliphatic carbocycles. The van der Waals surface area contributed by atoms with Crippen LogP contribution in [0.3, 0.4) is 0 Å². The van der Waals surface area contributed by atoms with Crippen LogP contribution in [0.5, 0.6) is 0 Å². The second-order valence-electron chi connectivity index (χ2n) is 6.00. The monoisotopic (exact) mass is 306 g/mol. The molecule has 1 aliphatic heterocycles. The van der Waals surface area contributed by atoms with Crippen molar-refractivity contribution in [2.75, 3.05) is 23.3 Å². The highest BCUT2D eigenvalue weighted by atomic mass is 15.3. The number of rotatable bonds is 3. The second-order valence-corrected chi connectivity index (χ2v) is 6.00. The molecular weight excluding hydrogens is 284 g/mol. The van der Waals surface area contributed by atoms with Gasteiger partial charge < -0.3 is 10.2 Å². The summed E-state index contributed by atoms with van der Waals surface area (Å²) in [5.41, 5.74) is 4.90. The van der Waals surface area contributed by atoms with Gasteiger partial charge in [-0.1, -0.05) is 30.3 Å². The van der Waals surface area contributed by atoms with Crippen molar-refractivity contribution in [3.63, 3.8) is 0 Å². The molecule has 0 spiro atoms. The van der Waals surface area contributed by atoms with E-state index in [1.807, 2.05) is 0 Å². The maximum atomic E-state index is 4.86. The van der Waals surface area contributed by atoms with Crippen LogP contribution in [0.2, 0.25) is 0 Å². The topological polar surface area (TPSA) is 33.1 Å². The molecule has 0 unspecified atom stereocenters. The molecule has 118 valence electrons. The summed E-state index contributed by atoms with van der Waals surface area (Å²) >= 11 is 0. The van der Waals surface area contributed by atoms with Crippen LogP contribution in [-0.4, -0.2) is 22.9 Å². The highest BCUT2D eigenvalue weighted by molar-refractivity contribution is 5.82. The van der Waals surface area contributed by atoms with Gasteiger partial charge in [-0.05, 0) is 31.5 Å². The summed E-state index contributed by atoms with van der Waals surface area (Å²) in [7, 11) is 0. The molecule has 4 rings (SSSR count). The Bertz CT molecular complexity index is 821. The van der Waals surface area contributed by atoms with Crippen molar-refractivity contribution in [3.05, 3.63) is 54.2 Å². The molecule has 2 heterocycles. The van der Waals surface area contributed by atoms with Gasteiger partial charge >= 0.3 is 0 Å². The molecule has 1 aliphatic rings. The zero-order chi connectivity index (χ0) is 15.6. The van der Waals surface area contributed by atoms with Crippen molar-refractivity contribution < 1.29 is 0 Å². The lowest BCUT2D eigenvalue weighted by atomic mass is 10.2. The van der Waals surface area contributed by atoms with Crippen molar-refractivity contribution >= 4 is 22.3 Å². The summed E-state index contributed by atoms with van der Waals surface area (Å²) in [6.45, 7) is 5.98. The van der Waals surface area contributed by atoms with Gasteiger partial charge in [0.25, 0.3) is 0 Å². The smallest absolute Gasteiger partial charge is 0.0896 e. The molecule has 1 N–H and O–H groups in total. The van der Waals surface area contributed by atoms with Gasteiger partial charge in [-0.3, -0.25) is 4.68 Å². The third kappa shape index (κ3) is 2.54. The largest absolute Gasteiger partial charge is 0.383 e. The quantitative estimate of drug-likeness (QED) is 0.797.